The first kappa shape index (κ1) is 10.2. The van der Waals surface area contributed by atoms with Crippen molar-refractivity contribution in [3.63, 3.8) is 0 Å². The first-order chi connectivity index (χ1) is 6.65. The summed E-state index contributed by atoms with van der Waals surface area (Å²) in [6, 6.07) is 0. The highest BCUT2D eigenvalue weighted by atomic mass is 79.9. The average Bonchev–Trinajstić information content (AvgIpc) is 2.73. The molecule has 1 aromatic rings. The van der Waals surface area contributed by atoms with Crippen LogP contribution in [0.2, 0.25) is 0 Å². The third-order valence-corrected chi connectivity index (χ3v) is 4.06. The van der Waals surface area contributed by atoms with E-state index in [2.05, 4.69) is 45.5 Å². The molecule has 3 heteroatoms. The maximum absolute atomic E-state index is 4.52. The first-order valence-electron chi connectivity index (χ1n) is 5.31. The number of halogens is 1. The Hall–Kier alpha value is -0.310. The topological polar surface area (TPSA) is 17.8 Å². The molecule has 0 amide bonds. The molecule has 1 fully saturated rings. The van der Waals surface area contributed by atoms with Gasteiger partial charge in [0.25, 0.3) is 0 Å². The molecule has 2 rings (SSSR count). The van der Waals surface area contributed by atoms with E-state index in [1.807, 2.05) is 6.20 Å². The van der Waals surface area contributed by atoms with E-state index in [-0.39, 0.29) is 5.41 Å². The van der Waals surface area contributed by atoms with Crippen LogP contribution in [0.25, 0.3) is 0 Å². The number of hydrogen-bond acceptors (Lipinski definition) is 1. The van der Waals surface area contributed by atoms with Crippen LogP contribution >= 0.6 is 15.9 Å². The highest BCUT2D eigenvalue weighted by Crippen LogP contribution is 2.42. The summed E-state index contributed by atoms with van der Waals surface area (Å²) in [4.78, 5) is 5.19. The van der Waals surface area contributed by atoms with Crippen LogP contribution in [0.4, 0.5) is 0 Å². The Balaban J connectivity index is 2.30. The van der Waals surface area contributed by atoms with Crippen LogP contribution in [0.3, 0.4) is 0 Å². The van der Waals surface area contributed by atoms with Crippen LogP contribution < -0.4 is 0 Å². The number of nitrogens with zero attached hydrogens (tertiary/aromatic N) is 2. The second-order valence-electron chi connectivity index (χ2n) is 4.44. The fraction of sp³-hybridized carbons (Fsp3) is 0.727. The Morgan fingerprint density at radius 1 is 1.71 bits per heavy atom. The van der Waals surface area contributed by atoms with Crippen molar-refractivity contribution in [3.05, 3.63) is 18.2 Å². The Morgan fingerprint density at radius 3 is 3.07 bits per heavy atom. The molecule has 0 N–H and O–H groups in total. The zero-order chi connectivity index (χ0) is 10.2. The molecule has 0 aliphatic heterocycles. The molecule has 0 spiro atoms. The van der Waals surface area contributed by atoms with Crippen molar-refractivity contribution in [2.45, 2.75) is 49.9 Å². The lowest BCUT2D eigenvalue weighted by atomic mass is 9.88. The third-order valence-electron chi connectivity index (χ3n) is 3.28. The largest absolute Gasteiger partial charge is 0.335 e. The maximum Gasteiger partial charge on any atom is 0.114 e. The van der Waals surface area contributed by atoms with Crippen LogP contribution in [-0.4, -0.2) is 14.4 Å². The molecule has 0 aromatic carbocycles. The molecule has 1 aliphatic carbocycles. The molecule has 0 radical (unpaired) electrons. The molecule has 2 unspecified atom stereocenters. The lowest BCUT2D eigenvalue weighted by Gasteiger charge is -2.23. The summed E-state index contributed by atoms with van der Waals surface area (Å²) in [7, 11) is 0. The molecule has 1 saturated carbocycles. The van der Waals surface area contributed by atoms with Crippen molar-refractivity contribution < 1.29 is 0 Å². The summed E-state index contributed by atoms with van der Waals surface area (Å²) in [6.45, 7) is 5.54. The van der Waals surface area contributed by atoms with Gasteiger partial charge in [-0.05, 0) is 26.2 Å². The van der Waals surface area contributed by atoms with Gasteiger partial charge in [0.05, 0.1) is 0 Å². The Morgan fingerprint density at radius 2 is 2.50 bits per heavy atom. The van der Waals surface area contributed by atoms with Gasteiger partial charge in [-0.15, -0.1) is 0 Å². The van der Waals surface area contributed by atoms with E-state index in [0.29, 0.717) is 4.83 Å². The van der Waals surface area contributed by atoms with Crippen molar-refractivity contribution in [3.8, 4) is 0 Å². The van der Waals surface area contributed by atoms with Gasteiger partial charge in [-0.3, -0.25) is 0 Å². The van der Waals surface area contributed by atoms with Crippen LogP contribution in [0.1, 0.15) is 38.9 Å². The zero-order valence-electron chi connectivity index (χ0n) is 8.83. The smallest absolute Gasteiger partial charge is 0.114 e. The van der Waals surface area contributed by atoms with E-state index in [9.17, 15) is 0 Å². The predicted molar refractivity (Wildman–Crippen MR) is 61.8 cm³/mol. The Kier molecular flexibility index (Phi) is 2.69. The molecule has 1 aliphatic rings. The summed E-state index contributed by atoms with van der Waals surface area (Å²) >= 11 is 3.71. The number of imidazole rings is 1. The van der Waals surface area contributed by atoms with E-state index < -0.39 is 0 Å². The van der Waals surface area contributed by atoms with Gasteiger partial charge in [-0.25, -0.2) is 4.98 Å². The molecular weight excluding hydrogens is 240 g/mol. The fourth-order valence-corrected chi connectivity index (χ4v) is 3.40. The van der Waals surface area contributed by atoms with Gasteiger partial charge in [-0.1, -0.05) is 22.9 Å². The molecule has 2 atom stereocenters. The van der Waals surface area contributed by atoms with E-state index in [4.69, 9.17) is 0 Å². The number of alkyl halides is 1. The molecule has 0 bridgehead atoms. The van der Waals surface area contributed by atoms with Gasteiger partial charge < -0.3 is 4.57 Å². The van der Waals surface area contributed by atoms with Crippen molar-refractivity contribution in [1.82, 2.24) is 9.55 Å². The average molecular weight is 257 g/mol. The number of aryl methyl sites for hydroxylation is 1. The van der Waals surface area contributed by atoms with E-state index in [0.717, 1.165) is 6.54 Å². The summed E-state index contributed by atoms with van der Waals surface area (Å²) in [5, 5.41) is 0. The van der Waals surface area contributed by atoms with Crippen molar-refractivity contribution in [1.29, 1.82) is 0 Å². The van der Waals surface area contributed by atoms with Crippen LogP contribution in [0, 0.1) is 0 Å². The molecule has 0 saturated heterocycles. The summed E-state index contributed by atoms with van der Waals surface area (Å²) in [5.41, 5.74) is 0.285. The van der Waals surface area contributed by atoms with Gasteiger partial charge in [0.2, 0.25) is 0 Å². The SMILES string of the molecule is CCn1ccnc1C1(C)CCC(Br)C1. The summed E-state index contributed by atoms with van der Waals surface area (Å²) < 4.78 is 2.27. The lowest BCUT2D eigenvalue weighted by Crippen LogP contribution is -2.23. The molecule has 78 valence electrons. The quantitative estimate of drug-likeness (QED) is 0.744. The van der Waals surface area contributed by atoms with E-state index in [1.165, 1.54) is 25.1 Å². The minimum absolute atomic E-state index is 0.285. The van der Waals surface area contributed by atoms with Crippen molar-refractivity contribution in [2.24, 2.45) is 0 Å². The second kappa shape index (κ2) is 3.69. The number of aromatic nitrogens is 2. The van der Waals surface area contributed by atoms with Gasteiger partial charge in [0.1, 0.15) is 5.82 Å². The minimum atomic E-state index is 0.285. The standard InChI is InChI=1S/C11H17BrN2/c1-3-14-7-6-13-10(14)11(2)5-4-9(12)8-11/h6-7,9H,3-5,8H2,1-2H3. The molecular formula is C11H17BrN2. The van der Waals surface area contributed by atoms with Crippen molar-refractivity contribution in [2.75, 3.05) is 0 Å². The van der Waals surface area contributed by atoms with Crippen LogP contribution in [0.15, 0.2) is 12.4 Å². The lowest BCUT2D eigenvalue weighted by molar-refractivity contribution is 0.436. The fourth-order valence-electron chi connectivity index (χ4n) is 2.46. The van der Waals surface area contributed by atoms with E-state index >= 15 is 0 Å². The first-order valence-corrected chi connectivity index (χ1v) is 6.23. The highest BCUT2D eigenvalue weighted by molar-refractivity contribution is 9.09. The van der Waals surface area contributed by atoms with Crippen LogP contribution in [0.5, 0.6) is 0 Å². The predicted octanol–water partition coefficient (Wildman–Crippen LogP) is 3.11. The third kappa shape index (κ3) is 1.62. The zero-order valence-corrected chi connectivity index (χ0v) is 10.4. The van der Waals surface area contributed by atoms with Gasteiger partial charge in [0, 0.05) is 29.2 Å². The van der Waals surface area contributed by atoms with Crippen LogP contribution in [-0.2, 0) is 12.0 Å². The summed E-state index contributed by atoms with van der Waals surface area (Å²) in [6.07, 6.45) is 7.74. The Labute approximate surface area is 93.9 Å². The van der Waals surface area contributed by atoms with Gasteiger partial charge in [0.15, 0.2) is 0 Å². The minimum Gasteiger partial charge on any atom is -0.335 e. The monoisotopic (exact) mass is 256 g/mol. The second-order valence-corrected chi connectivity index (χ2v) is 5.73. The summed E-state index contributed by atoms with van der Waals surface area (Å²) in [5.74, 6) is 1.27. The molecule has 1 heterocycles. The number of rotatable bonds is 2. The van der Waals surface area contributed by atoms with E-state index in [1.54, 1.807) is 0 Å². The van der Waals surface area contributed by atoms with Gasteiger partial charge >= 0.3 is 0 Å². The normalized spacial score (nSPS) is 32.4. The maximum atomic E-state index is 4.52. The van der Waals surface area contributed by atoms with Gasteiger partial charge in [-0.2, -0.15) is 0 Å². The number of hydrogen-bond donors (Lipinski definition) is 0. The molecule has 1 aromatic heterocycles. The van der Waals surface area contributed by atoms with Crippen molar-refractivity contribution >= 4 is 15.9 Å². The Bertz CT molecular complexity index is 321. The highest BCUT2D eigenvalue weighted by Gasteiger charge is 2.38. The molecule has 2 nitrogen and oxygen atoms in total. The molecule has 14 heavy (non-hydrogen) atoms.